The highest BCUT2D eigenvalue weighted by Gasteiger charge is 2.34. The van der Waals surface area contributed by atoms with Gasteiger partial charge in [-0.05, 0) is 36.5 Å². The molecule has 2 aromatic carbocycles. The molecule has 0 saturated heterocycles. The largest absolute Gasteiger partial charge is 0.460 e. The number of nitro groups is 1. The molecule has 0 N–H and O–H groups in total. The monoisotopic (exact) mass is 539 g/mol. The van der Waals surface area contributed by atoms with Crippen LogP contribution >= 0.6 is 31.2 Å². The molecule has 0 spiro atoms. The first-order chi connectivity index (χ1) is 15.6. The van der Waals surface area contributed by atoms with Crippen molar-refractivity contribution < 1.29 is 36.7 Å². The van der Waals surface area contributed by atoms with Gasteiger partial charge < -0.3 is 9.47 Å². The summed E-state index contributed by atoms with van der Waals surface area (Å²) in [5, 5.41) is 11.2. The molecule has 34 heavy (non-hydrogen) atoms. The third-order valence-electron chi connectivity index (χ3n) is 4.48. The lowest BCUT2D eigenvalue weighted by atomic mass is 9.98. The predicted molar refractivity (Wildman–Crippen MR) is 126 cm³/mol. The van der Waals surface area contributed by atoms with Crippen LogP contribution in [0.2, 0.25) is 5.02 Å². The number of alkyl halides is 3. The number of nitro benzene ring substituents is 1. The van der Waals surface area contributed by atoms with Crippen molar-refractivity contribution in [1.29, 1.82) is 0 Å². The standard InChI is InChI=1S/C21H22ClF3NO6PS/c1-5-33(29,31-12-30-19(34)20(2,3)4)18-11-14(7-8-16(18)26(27)28)32-17-9-6-13(10-15(17)22)21(23,24)25/h6-11H,5,12H2,1-4H3. The van der Waals surface area contributed by atoms with E-state index in [1.54, 1.807) is 0 Å². The lowest BCUT2D eigenvalue weighted by Gasteiger charge is -2.22. The summed E-state index contributed by atoms with van der Waals surface area (Å²) in [5.74, 6) is -0.161. The molecule has 2 rings (SSSR count). The maximum atomic E-state index is 13.5. The Balaban J connectivity index is 2.37. The summed E-state index contributed by atoms with van der Waals surface area (Å²) < 4.78 is 68.4. The molecule has 0 aliphatic carbocycles. The summed E-state index contributed by atoms with van der Waals surface area (Å²) in [5.41, 5.74) is -1.92. The van der Waals surface area contributed by atoms with Crippen LogP contribution in [0.25, 0.3) is 0 Å². The van der Waals surface area contributed by atoms with Gasteiger partial charge in [0.1, 0.15) is 16.8 Å². The van der Waals surface area contributed by atoms with Crippen molar-refractivity contribution in [2.24, 2.45) is 5.41 Å². The topological polar surface area (TPSA) is 87.9 Å². The Hall–Kier alpha value is -2.20. The molecule has 1 atom stereocenters. The van der Waals surface area contributed by atoms with E-state index in [1.807, 2.05) is 20.8 Å². The quantitative estimate of drug-likeness (QED) is 0.114. The molecule has 0 amide bonds. The van der Waals surface area contributed by atoms with Crippen LogP contribution in [-0.2, 0) is 20.0 Å². The summed E-state index contributed by atoms with van der Waals surface area (Å²) in [6, 6.07) is 5.90. The van der Waals surface area contributed by atoms with Gasteiger partial charge in [0.25, 0.3) is 5.69 Å². The van der Waals surface area contributed by atoms with Crippen LogP contribution in [0.15, 0.2) is 36.4 Å². The van der Waals surface area contributed by atoms with Gasteiger partial charge in [-0.2, -0.15) is 13.2 Å². The molecule has 0 heterocycles. The Morgan fingerprint density at radius 3 is 2.32 bits per heavy atom. The zero-order chi connectivity index (χ0) is 25.9. The van der Waals surface area contributed by atoms with Gasteiger partial charge in [0.15, 0.2) is 11.8 Å². The second kappa shape index (κ2) is 10.6. The normalized spacial score (nSPS) is 13.8. The molecule has 1 unspecified atom stereocenters. The molecule has 7 nitrogen and oxygen atoms in total. The summed E-state index contributed by atoms with van der Waals surface area (Å²) in [6.07, 6.45) is -4.70. The first-order valence-electron chi connectivity index (χ1n) is 9.83. The van der Waals surface area contributed by atoms with Crippen molar-refractivity contribution >= 4 is 47.2 Å². The number of hydrogen-bond donors (Lipinski definition) is 0. The van der Waals surface area contributed by atoms with Crippen molar-refractivity contribution in [3.63, 3.8) is 0 Å². The number of benzene rings is 2. The minimum Gasteiger partial charge on any atom is -0.460 e. The molecule has 0 bridgehead atoms. The van der Waals surface area contributed by atoms with Crippen molar-refractivity contribution in [1.82, 2.24) is 0 Å². The van der Waals surface area contributed by atoms with Crippen LogP contribution in [0.3, 0.4) is 0 Å². The lowest BCUT2D eigenvalue weighted by Crippen LogP contribution is -2.23. The van der Waals surface area contributed by atoms with Gasteiger partial charge in [-0.25, -0.2) is 0 Å². The number of ether oxygens (including phenoxy) is 2. The Kier molecular flexibility index (Phi) is 8.74. The summed E-state index contributed by atoms with van der Waals surface area (Å²) in [6.45, 7) is 6.47. The van der Waals surface area contributed by atoms with Gasteiger partial charge >= 0.3 is 6.18 Å². The number of nitrogens with zero attached hydrogens (tertiary/aromatic N) is 1. The van der Waals surface area contributed by atoms with Crippen LogP contribution in [0.5, 0.6) is 11.5 Å². The van der Waals surface area contributed by atoms with Gasteiger partial charge in [-0.15, -0.1) is 0 Å². The zero-order valence-corrected chi connectivity index (χ0v) is 21.1. The van der Waals surface area contributed by atoms with E-state index in [-0.39, 0.29) is 33.0 Å². The molecular weight excluding hydrogens is 518 g/mol. The van der Waals surface area contributed by atoms with Crippen LogP contribution < -0.4 is 10.0 Å². The molecular formula is C21H22ClF3NO6PS. The summed E-state index contributed by atoms with van der Waals surface area (Å²) >= 11 is 11.1. The molecule has 0 aliphatic heterocycles. The third-order valence-corrected chi connectivity index (χ3v) is 7.95. The number of hydrogen-bond acceptors (Lipinski definition) is 7. The van der Waals surface area contributed by atoms with Crippen molar-refractivity contribution in [3.8, 4) is 11.5 Å². The average Bonchev–Trinajstić information content (AvgIpc) is 2.73. The second-order valence-corrected chi connectivity index (χ2v) is 11.6. The smallest absolute Gasteiger partial charge is 0.416 e. The Bertz CT molecular complexity index is 1140. The first-order valence-corrected chi connectivity index (χ1v) is 12.4. The van der Waals surface area contributed by atoms with Gasteiger partial charge in [0.05, 0.1) is 15.5 Å². The maximum Gasteiger partial charge on any atom is 0.416 e. The Morgan fingerprint density at radius 2 is 1.82 bits per heavy atom. The SMILES string of the molecule is CCP(=O)(OCOC(=S)C(C)(C)C)c1cc(Oc2ccc(C(F)(F)F)cc2Cl)ccc1[N+](=O)[O-]. The van der Waals surface area contributed by atoms with Crippen LogP contribution in [0.1, 0.15) is 33.3 Å². The highest BCUT2D eigenvalue weighted by atomic mass is 35.5. The number of halogens is 4. The molecule has 0 saturated carbocycles. The van der Waals surface area contributed by atoms with Crippen molar-refractivity contribution in [3.05, 3.63) is 57.1 Å². The minimum atomic E-state index is -4.59. The average molecular weight is 540 g/mol. The van der Waals surface area contributed by atoms with E-state index in [9.17, 15) is 27.9 Å². The van der Waals surface area contributed by atoms with E-state index >= 15 is 0 Å². The van der Waals surface area contributed by atoms with Crippen LogP contribution in [0.4, 0.5) is 18.9 Å². The molecule has 0 fully saturated rings. The summed E-state index contributed by atoms with van der Waals surface area (Å²) in [4.78, 5) is 10.8. The molecule has 0 radical (unpaired) electrons. The number of thiocarbonyl (C=S) groups is 1. The fourth-order valence-electron chi connectivity index (χ4n) is 2.59. The second-order valence-electron chi connectivity index (χ2n) is 8.07. The van der Waals surface area contributed by atoms with Gasteiger partial charge in [-0.3, -0.25) is 19.2 Å². The first kappa shape index (κ1) is 28.0. The zero-order valence-electron chi connectivity index (χ0n) is 18.6. The van der Waals surface area contributed by atoms with Gasteiger partial charge in [0, 0.05) is 23.7 Å². The van der Waals surface area contributed by atoms with E-state index < -0.39 is 41.9 Å². The Morgan fingerprint density at radius 1 is 1.18 bits per heavy atom. The fraction of sp³-hybridized carbons (Fsp3) is 0.381. The van der Waals surface area contributed by atoms with E-state index in [0.717, 1.165) is 24.3 Å². The lowest BCUT2D eigenvalue weighted by molar-refractivity contribution is -0.383. The highest BCUT2D eigenvalue weighted by Crippen LogP contribution is 2.49. The number of rotatable bonds is 8. The predicted octanol–water partition coefficient (Wildman–Crippen LogP) is 7.35. The summed E-state index contributed by atoms with van der Waals surface area (Å²) in [7, 11) is -3.81. The van der Waals surface area contributed by atoms with E-state index in [2.05, 4.69) is 0 Å². The van der Waals surface area contributed by atoms with E-state index in [1.165, 1.54) is 13.0 Å². The Labute approximate surface area is 204 Å². The molecule has 0 aromatic heterocycles. The highest BCUT2D eigenvalue weighted by molar-refractivity contribution is 7.80. The minimum absolute atomic E-state index is 0.0364. The molecule has 186 valence electrons. The van der Waals surface area contributed by atoms with E-state index in [4.69, 9.17) is 37.8 Å². The van der Waals surface area contributed by atoms with E-state index in [0.29, 0.717) is 6.07 Å². The van der Waals surface area contributed by atoms with Crippen LogP contribution in [-0.4, -0.2) is 22.9 Å². The van der Waals surface area contributed by atoms with Gasteiger partial charge in [-0.1, -0.05) is 39.3 Å². The van der Waals surface area contributed by atoms with Crippen LogP contribution in [0, 0.1) is 15.5 Å². The maximum absolute atomic E-state index is 13.5. The molecule has 13 heteroatoms. The fourth-order valence-corrected chi connectivity index (χ4v) is 4.58. The third kappa shape index (κ3) is 6.91. The van der Waals surface area contributed by atoms with Crippen molar-refractivity contribution in [2.75, 3.05) is 13.0 Å². The molecule has 0 aliphatic rings. The molecule has 2 aromatic rings. The van der Waals surface area contributed by atoms with Crippen molar-refractivity contribution in [2.45, 2.75) is 33.9 Å². The van der Waals surface area contributed by atoms with Gasteiger partial charge in [0.2, 0.25) is 7.37 Å².